The number of carbonyl (C=O) groups excluding carboxylic acids is 1. The number of fused-ring (bicyclic) bond motifs is 1. The van der Waals surface area contributed by atoms with Crippen molar-refractivity contribution in [1.29, 1.82) is 0 Å². The summed E-state index contributed by atoms with van der Waals surface area (Å²) in [4.78, 5) is 21.4. The standard InChI is InChI=1S/C18H21N3O2/c1-13-17(5-7-23-13)18(22)21-10-14-8-20(9-15(14)11-21)12-16-4-2-3-6-19-16/h2-7,14-15H,8-12H2,1H3/t14-,15-/m1/s1. The highest BCUT2D eigenvalue weighted by atomic mass is 16.3. The molecule has 0 radical (unpaired) electrons. The Bertz CT molecular complexity index is 683. The van der Waals surface area contributed by atoms with Crippen LogP contribution in [0.1, 0.15) is 21.8 Å². The van der Waals surface area contributed by atoms with Gasteiger partial charge in [-0.1, -0.05) is 6.07 Å². The van der Waals surface area contributed by atoms with Gasteiger partial charge < -0.3 is 9.32 Å². The molecular weight excluding hydrogens is 290 g/mol. The normalized spacial score (nSPS) is 24.1. The lowest BCUT2D eigenvalue weighted by molar-refractivity contribution is 0.0771. The number of hydrogen-bond acceptors (Lipinski definition) is 4. The minimum Gasteiger partial charge on any atom is -0.469 e. The Labute approximate surface area is 135 Å². The van der Waals surface area contributed by atoms with E-state index in [-0.39, 0.29) is 5.91 Å². The monoisotopic (exact) mass is 311 g/mol. The topological polar surface area (TPSA) is 49.6 Å². The van der Waals surface area contributed by atoms with Crippen LogP contribution in [0.25, 0.3) is 0 Å². The number of pyridine rings is 1. The molecule has 2 atom stereocenters. The zero-order chi connectivity index (χ0) is 15.8. The van der Waals surface area contributed by atoms with Gasteiger partial charge in [0.05, 0.1) is 17.5 Å². The van der Waals surface area contributed by atoms with Gasteiger partial charge in [0.2, 0.25) is 0 Å². The first-order valence-corrected chi connectivity index (χ1v) is 8.16. The fourth-order valence-electron chi connectivity index (χ4n) is 3.88. The van der Waals surface area contributed by atoms with Crippen LogP contribution in [0.15, 0.2) is 41.1 Å². The van der Waals surface area contributed by atoms with E-state index in [1.54, 1.807) is 12.3 Å². The molecule has 0 unspecified atom stereocenters. The molecule has 0 N–H and O–H groups in total. The van der Waals surface area contributed by atoms with E-state index in [1.165, 1.54) is 0 Å². The highest BCUT2D eigenvalue weighted by molar-refractivity contribution is 5.95. The van der Waals surface area contributed by atoms with Gasteiger partial charge in [0, 0.05) is 38.9 Å². The third-order valence-electron chi connectivity index (χ3n) is 5.05. The Morgan fingerprint density at radius 1 is 1.22 bits per heavy atom. The van der Waals surface area contributed by atoms with Gasteiger partial charge in [-0.3, -0.25) is 14.7 Å². The first kappa shape index (κ1) is 14.5. The molecule has 5 nitrogen and oxygen atoms in total. The van der Waals surface area contributed by atoms with Crippen LogP contribution in [0.4, 0.5) is 0 Å². The molecule has 2 aliphatic rings. The van der Waals surface area contributed by atoms with E-state index in [2.05, 4.69) is 16.0 Å². The second kappa shape index (κ2) is 5.81. The van der Waals surface area contributed by atoms with Gasteiger partial charge in [-0.25, -0.2) is 0 Å². The van der Waals surface area contributed by atoms with Crippen LogP contribution in [-0.4, -0.2) is 46.9 Å². The number of amides is 1. The molecular formula is C18H21N3O2. The molecule has 2 aliphatic heterocycles. The Balaban J connectivity index is 1.37. The van der Waals surface area contributed by atoms with E-state index in [9.17, 15) is 4.79 Å². The molecule has 0 bridgehead atoms. The molecule has 0 spiro atoms. The summed E-state index contributed by atoms with van der Waals surface area (Å²) in [7, 11) is 0. The maximum atomic E-state index is 12.6. The summed E-state index contributed by atoms with van der Waals surface area (Å²) in [5.74, 6) is 1.98. The third-order valence-corrected chi connectivity index (χ3v) is 5.05. The number of hydrogen-bond donors (Lipinski definition) is 0. The van der Waals surface area contributed by atoms with Crippen LogP contribution < -0.4 is 0 Å². The van der Waals surface area contributed by atoms with Crippen molar-refractivity contribution in [3.05, 3.63) is 53.7 Å². The van der Waals surface area contributed by atoms with Crippen molar-refractivity contribution in [2.75, 3.05) is 26.2 Å². The lowest BCUT2D eigenvalue weighted by Crippen LogP contribution is -2.33. The minimum absolute atomic E-state index is 0.113. The van der Waals surface area contributed by atoms with E-state index in [0.29, 0.717) is 23.2 Å². The Morgan fingerprint density at radius 2 is 2.00 bits per heavy atom. The third kappa shape index (κ3) is 2.77. The van der Waals surface area contributed by atoms with Gasteiger partial charge in [0.1, 0.15) is 5.76 Å². The van der Waals surface area contributed by atoms with Crippen LogP contribution in [0.2, 0.25) is 0 Å². The molecule has 23 heavy (non-hydrogen) atoms. The smallest absolute Gasteiger partial charge is 0.257 e. The first-order chi connectivity index (χ1) is 11.2. The van der Waals surface area contributed by atoms with Gasteiger partial charge >= 0.3 is 0 Å². The van der Waals surface area contributed by atoms with Gasteiger partial charge in [-0.05, 0) is 37.0 Å². The van der Waals surface area contributed by atoms with E-state index in [0.717, 1.165) is 38.4 Å². The average molecular weight is 311 g/mol. The molecule has 2 aromatic rings. The highest BCUT2D eigenvalue weighted by Gasteiger charge is 2.41. The maximum Gasteiger partial charge on any atom is 0.257 e. The molecule has 0 aliphatic carbocycles. The summed E-state index contributed by atoms with van der Waals surface area (Å²) in [6.07, 6.45) is 3.44. The summed E-state index contributed by atoms with van der Waals surface area (Å²) >= 11 is 0. The molecule has 0 aromatic carbocycles. The van der Waals surface area contributed by atoms with E-state index in [4.69, 9.17) is 4.42 Å². The van der Waals surface area contributed by atoms with Gasteiger partial charge in [0.15, 0.2) is 0 Å². The predicted octanol–water partition coefficient (Wildman–Crippen LogP) is 2.19. The Hall–Kier alpha value is -2.14. The largest absolute Gasteiger partial charge is 0.469 e. The fourth-order valence-corrected chi connectivity index (χ4v) is 3.88. The number of likely N-dealkylation sites (tertiary alicyclic amines) is 2. The number of nitrogens with zero attached hydrogens (tertiary/aromatic N) is 3. The molecule has 1 amide bonds. The van der Waals surface area contributed by atoms with E-state index in [1.807, 2.05) is 30.2 Å². The van der Waals surface area contributed by atoms with Crippen molar-refractivity contribution in [3.8, 4) is 0 Å². The second-order valence-corrected chi connectivity index (χ2v) is 6.64. The van der Waals surface area contributed by atoms with Crippen LogP contribution in [0, 0.1) is 18.8 Å². The summed E-state index contributed by atoms with van der Waals surface area (Å²) in [6, 6.07) is 7.83. The zero-order valence-corrected chi connectivity index (χ0v) is 13.3. The molecule has 120 valence electrons. The predicted molar refractivity (Wildman–Crippen MR) is 85.8 cm³/mol. The van der Waals surface area contributed by atoms with E-state index >= 15 is 0 Å². The second-order valence-electron chi connectivity index (χ2n) is 6.64. The first-order valence-electron chi connectivity index (χ1n) is 8.16. The van der Waals surface area contributed by atoms with Crippen LogP contribution in [0.5, 0.6) is 0 Å². The maximum absolute atomic E-state index is 12.6. The molecule has 4 rings (SSSR count). The van der Waals surface area contributed by atoms with Crippen LogP contribution >= 0.6 is 0 Å². The molecule has 4 heterocycles. The van der Waals surface area contributed by atoms with Crippen LogP contribution in [-0.2, 0) is 6.54 Å². The zero-order valence-electron chi connectivity index (χ0n) is 13.3. The molecule has 5 heteroatoms. The summed E-state index contributed by atoms with van der Waals surface area (Å²) in [6.45, 7) is 6.56. The van der Waals surface area contributed by atoms with Crippen molar-refractivity contribution in [2.24, 2.45) is 11.8 Å². The lowest BCUT2D eigenvalue weighted by Gasteiger charge is -2.21. The van der Waals surface area contributed by atoms with E-state index < -0.39 is 0 Å². The number of carbonyl (C=O) groups is 1. The Kier molecular flexibility index (Phi) is 3.65. The summed E-state index contributed by atoms with van der Waals surface area (Å²) in [5, 5.41) is 0. The van der Waals surface area contributed by atoms with Gasteiger partial charge in [-0.15, -0.1) is 0 Å². The molecule has 0 saturated carbocycles. The fraction of sp³-hybridized carbons (Fsp3) is 0.444. The van der Waals surface area contributed by atoms with Crippen molar-refractivity contribution in [3.63, 3.8) is 0 Å². The lowest BCUT2D eigenvalue weighted by atomic mass is 10.0. The van der Waals surface area contributed by atoms with Gasteiger partial charge in [0.25, 0.3) is 5.91 Å². The van der Waals surface area contributed by atoms with Crippen molar-refractivity contribution >= 4 is 5.91 Å². The molecule has 2 saturated heterocycles. The SMILES string of the molecule is Cc1occc1C(=O)N1C[C@H]2CN(Cc3ccccn3)C[C@@H]2C1. The molecule has 2 aromatic heterocycles. The number of rotatable bonds is 3. The average Bonchev–Trinajstić information content (AvgIpc) is 3.22. The highest BCUT2D eigenvalue weighted by Crippen LogP contribution is 2.32. The number of furan rings is 1. The summed E-state index contributed by atoms with van der Waals surface area (Å²) in [5.41, 5.74) is 1.82. The van der Waals surface area contributed by atoms with Gasteiger partial charge in [-0.2, -0.15) is 0 Å². The number of aryl methyl sites for hydroxylation is 1. The van der Waals surface area contributed by atoms with Crippen LogP contribution in [0.3, 0.4) is 0 Å². The van der Waals surface area contributed by atoms with Crippen molar-refractivity contribution in [2.45, 2.75) is 13.5 Å². The van der Waals surface area contributed by atoms with Crippen molar-refractivity contribution < 1.29 is 9.21 Å². The number of aromatic nitrogens is 1. The van der Waals surface area contributed by atoms with Crippen molar-refractivity contribution in [1.82, 2.24) is 14.8 Å². The summed E-state index contributed by atoms with van der Waals surface area (Å²) < 4.78 is 5.26. The minimum atomic E-state index is 0.113. The quantitative estimate of drug-likeness (QED) is 0.872. The Morgan fingerprint density at radius 3 is 2.61 bits per heavy atom. The molecule has 2 fully saturated rings.